The summed E-state index contributed by atoms with van der Waals surface area (Å²) in [4.78, 5) is 0.436. The molecule has 0 spiro atoms. The van der Waals surface area contributed by atoms with Crippen LogP contribution in [0.5, 0.6) is 0 Å². The van der Waals surface area contributed by atoms with Crippen molar-refractivity contribution in [2.75, 3.05) is 12.3 Å². The molecule has 2 unspecified atom stereocenters. The van der Waals surface area contributed by atoms with E-state index in [1.807, 2.05) is 12.1 Å². The summed E-state index contributed by atoms with van der Waals surface area (Å²) >= 11 is 0. The van der Waals surface area contributed by atoms with Gasteiger partial charge in [-0.3, -0.25) is 0 Å². The second kappa shape index (κ2) is 6.90. The van der Waals surface area contributed by atoms with E-state index in [0.717, 1.165) is 18.4 Å². The third kappa shape index (κ3) is 3.65. The molecule has 0 fully saturated rings. The Morgan fingerprint density at radius 3 is 2.62 bits per heavy atom. The zero-order valence-electron chi connectivity index (χ0n) is 12.7. The van der Waals surface area contributed by atoms with Gasteiger partial charge in [-0.25, -0.2) is 8.42 Å². The smallest absolute Gasteiger partial charge is 0.178 e. The number of benzene rings is 1. The first kappa shape index (κ1) is 16.5. The highest BCUT2D eigenvalue weighted by Crippen LogP contribution is 2.31. The van der Waals surface area contributed by atoms with Gasteiger partial charge in [0.15, 0.2) is 9.84 Å². The SMILES string of the molecule is CCC(CC)C(O)CNC1CCS(=O)(=O)c2ccccc21. The molecule has 0 saturated carbocycles. The van der Waals surface area contributed by atoms with Crippen molar-refractivity contribution in [1.82, 2.24) is 5.32 Å². The van der Waals surface area contributed by atoms with Gasteiger partial charge in [0.05, 0.1) is 16.8 Å². The van der Waals surface area contributed by atoms with Crippen LogP contribution >= 0.6 is 0 Å². The summed E-state index contributed by atoms with van der Waals surface area (Å²) in [5.41, 5.74) is 0.834. The highest BCUT2D eigenvalue weighted by atomic mass is 32.2. The van der Waals surface area contributed by atoms with E-state index >= 15 is 0 Å². The number of aliphatic hydroxyl groups excluding tert-OH is 1. The van der Waals surface area contributed by atoms with Crippen molar-refractivity contribution in [2.45, 2.75) is 50.2 Å². The molecule has 2 N–H and O–H groups in total. The van der Waals surface area contributed by atoms with E-state index in [1.54, 1.807) is 12.1 Å². The van der Waals surface area contributed by atoms with E-state index in [2.05, 4.69) is 19.2 Å². The maximum Gasteiger partial charge on any atom is 0.178 e. The fraction of sp³-hybridized carbons (Fsp3) is 0.625. The standard InChI is InChI=1S/C16H25NO3S/c1-3-12(4-2)15(18)11-17-14-9-10-21(19,20)16-8-6-5-7-13(14)16/h5-8,12,14-15,17-18H,3-4,9-11H2,1-2H3. The van der Waals surface area contributed by atoms with Crippen molar-refractivity contribution < 1.29 is 13.5 Å². The van der Waals surface area contributed by atoms with Crippen LogP contribution in [0.1, 0.15) is 44.7 Å². The highest BCUT2D eigenvalue weighted by Gasteiger charge is 2.30. The molecule has 0 amide bonds. The third-order valence-corrected chi connectivity index (χ3v) is 6.29. The average molecular weight is 311 g/mol. The van der Waals surface area contributed by atoms with Crippen LogP contribution in [0.4, 0.5) is 0 Å². The number of aliphatic hydroxyl groups is 1. The molecule has 0 bridgehead atoms. The molecule has 0 radical (unpaired) electrons. The van der Waals surface area contributed by atoms with Gasteiger partial charge in [-0.1, -0.05) is 44.9 Å². The van der Waals surface area contributed by atoms with Crippen LogP contribution in [-0.4, -0.2) is 31.9 Å². The van der Waals surface area contributed by atoms with Crippen LogP contribution in [0, 0.1) is 5.92 Å². The van der Waals surface area contributed by atoms with E-state index in [4.69, 9.17) is 0 Å². The molecule has 1 heterocycles. The number of hydrogen-bond acceptors (Lipinski definition) is 4. The Labute approximate surface area is 127 Å². The Bertz CT molecular complexity index is 567. The van der Waals surface area contributed by atoms with Gasteiger partial charge in [0.2, 0.25) is 0 Å². The molecule has 0 aliphatic carbocycles. The fourth-order valence-electron chi connectivity index (χ4n) is 3.06. The zero-order chi connectivity index (χ0) is 15.5. The van der Waals surface area contributed by atoms with Crippen LogP contribution in [0.15, 0.2) is 29.2 Å². The van der Waals surface area contributed by atoms with E-state index < -0.39 is 9.84 Å². The van der Waals surface area contributed by atoms with Gasteiger partial charge >= 0.3 is 0 Å². The van der Waals surface area contributed by atoms with Gasteiger partial charge in [-0.15, -0.1) is 0 Å². The van der Waals surface area contributed by atoms with Gasteiger partial charge in [-0.05, 0) is 24.0 Å². The average Bonchev–Trinajstić information content (AvgIpc) is 2.48. The summed E-state index contributed by atoms with van der Waals surface area (Å²) in [6.45, 7) is 4.67. The molecule has 2 atom stereocenters. The Morgan fingerprint density at radius 2 is 1.95 bits per heavy atom. The number of hydrogen-bond donors (Lipinski definition) is 2. The van der Waals surface area contributed by atoms with Gasteiger partial charge in [0.1, 0.15) is 0 Å². The molecule has 5 heteroatoms. The van der Waals surface area contributed by atoms with Crippen molar-refractivity contribution in [1.29, 1.82) is 0 Å². The predicted octanol–water partition coefficient (Wildman–Crippen LogP) is 2.29. The molecule has 21 heavy (non-hydrogen) atoms. The minimum absolute atomic E-state index is 0.00809. The number of nitrogens with one attached hydrogen (secondary N) is 1. The number of sulfone groups is 1. The first-order valence-electron chi connectivity index (χ1n) is 7.72. The minimum atomic E-state index is -3.14. The second-order valence-corrected chi connectivity index (χ2v) is 7.83. The fourth-order valence-corrected chi connectivity index (χ4v) is 4.69. The Kier molecular flexibility index (Phi) is 5.41. The van der Waals surface area contributed by atoms with Crippen LogP contribution in [0.25, 0.3) is 0 Å². The predicted molar refractivity (Wildman–Crippen MR) is 83.9 cm³/mol. The number of fused-ring (bicyclic) bond motifs is 1. The maximum absolute atomic E-state index is 12.1. The lowest BCUT2D eigenvalue weighted by Gasteiger charge is -2.28. The summed E-state index contributed by atoms with van der Waals surface area (Å²) in [5, 5.41) is 13.6. The molecule has 0 saturated heterocycles. The Balaban J connectivity index is 2.09. The van der Waals surface area contributed by atoms with Crippen LogP contribution in [0.3, 0.4) is 0 Å². The Morgan fingerprint density at radius 1 is 1.29 bits per heavy atom. The topological polar surface area (TPSA) is 66.4 Å². The summed E-state index contributed by atoms with van der Waals surface area (Å²) in [5.74, 6) is 0.461. The van der Waals surface area contributed by atoms with E-state index in [9.17, 15) is 13.5 Å². The van der Waals surface area contributed by atoms with Crippen molar-refractivity contribution >= 4 is 9.84 Å². The summed E-state index contributed by atoms with van der Waals surface area (Å²) in [7, 11) is -3.14. The van der Waals surface area contributed by atoms with Crippen LogP contribution in [-0.2, 0) is 9.84 Å². The van der Waals surface area contributed by atoms with Crippen LogP contribution in [0.2, 0.25) is 0 Å². The van der Waals surface area contributed by atoms with E-state index in [-0.39, 0.29) is 17.9 Å². The van der Waals surface area contributed by atoms with Crippen molar-refractivity contribution in [3.63, 3.8) is 0 Å². The minimum Gasteiger partial charge on any atom is -0.392 e. The molecule has 2 rings (SSSR count). The second-order valence-electron chi connectivity index (χ2n) is 5.75. The van der Waals surface area contributed by atoms with E-state index in [1.165, 1.54) is 0 Å². The van der Waals surface area contributed by atoms with Gasteiger partial charge in [-0.2, -0.15) is 0 Å². The quantitative estimate of drug-likeness (QED) is 0.846. The van der Waals surface area contributed by atoms with Gasteiger partial charge < -0.3 is 10.4 Å². The van der Waals surface area contributed by atoms with Crippen molar-refractivity contribution in [3.8, 4) is 0 Å². The van der Waals surface area contributed by atoms with Gasteiger partial charge in [0.25, 0.3) is 0 Å². The van der Waals surface area contributed by atoms with Gasteiger partial charge in [0, 0.05) is 12.6 Å². The third-order valence-electron chi connectivity index (χ3n) is 4.47. The molecule has 1 aromatic rings. The molecular formula is C16H25NO3S. The highest BCUT2D eigenvalue weighted by molar-refractivity contribution is 7.91. The molecule has 0 aromatic heterocycles. The molecule has 4 nitrogen and oxygen atoms in total. The first-order chi connectivity index (χ1) is 9.99. The molecule has 118 valence electrons. The zero-order valence-corrected chi connectivity index (χ0v) is 13.6. The molecule has 1 aliphatic heterocycles. The summed E-state index contributed by atoms with van der Waals surface area (Å²) < 4.78 is 24.2. The number of rotatable bonds is 6. The summed E-state index contributed by atoms with van der Waals surface area (Å²) in [6.07, 6.45) is 2.09. The van der Waals surface area contributed by atoms with E-state index in [0.29, 0.717) is 23.8 Å². The molecular weight excluding hydrogens is 286 g/mol. The van der Waals surface area contributed by atoms with Crippen molar-refractivity contribution in [3.05, 3.63) is 29.8 Å². The monoisotopic (exact) mass is 311 g/mol. The molecule has 1 aliphatic rings. The van der Waals surface area contributed by atoms with Crippen LogP contribution < -0.4 is 5.32 Å². The normalized spacial score (nSPS) is 22.0. The summed E-state index contributed by atoms with van der Waals surface area (Å²) in [6, 6.07) is 7.18. The molecule has 1 aromatic carbocycles. The lowest BCUT2D eigenvalue weighted by atomic mass is 9.96. The lowest BCUT2D eigenvalue weighted by molar-refractivity contribution is 0.0979. The Hall–Kier alpha value is -0.910. The van der Waals surface area contributed by atoms with Crippen molar-refractivity contribution in [2.24, 2.45) is 5.92 Å². The maximum atomic E-state index is 12.1. The largest absolute Gasteiger partial charge is 0.392 e. The first-order valence-corrected chi connectivity index (χ1v) is 9.38. The lowest BCUT2D eigenvalue weighted by Crippen LogP contribution is -2.37.